The Hall–Kier alpha value is -1.75. The van der Waals surface area contributed by atoms with Crippen LogP contribution < -0.4 is 24.8 Å². The lowest BCUT2D eigenvalue weighted by Crippen LogP contribution is -2.36. The molecule has 0 fully saturated rings. The van der Waals surface area contributed by atoms with E-state index in [4.69, 9.17) is 14.2 Å². The molecule has 0 saturated heterocycles. The van der Waals surface area contributed by atoms with Crippen molar-refractivity contribution >= 4 is 45.9 Å². The van der Waals surface area contributed by atoms with Crippen LogP contribution in [0.2, 0.25) is 0 Å². The van der Waals surface area contributed by atoms with Gasteiger partial charge in [-0.3, -0.25) is 4.99 Å². The predicted molar refractivity (Wildman–Crippen MR) is 123 cm³/mol. The number of nitrogens with one attached hydrogen (secondary N) is 2. The van der Waals surface area contributed by atoms with Crippen LogP contribution in [0.15, 0.2) is 39.8 Å². The van der Waals surface area contributed by atoms with Crippen LogP contribution in [0.1, 0.15) is 11.1 Å². The maximum atomic E-state index is 13.6. The molecule has 0 saturated carbocycles. The van der Waals surface area contributed by atoms with Crippen LogP contribution in [0.3, 0.4) is 0 Å². The number of benzene rings is 2. The molecule has 0 aliphatic rings. The van der Waals surface area contributed by atoms with Gasteiger partial charge in [-0.1, -0.05) is 6.07 Å². The molecular weight excluding hydrogens is 544 g/mol. The molecule has 0 aliphatic heterocycles. The molecular formula is C19H24BrFIN3O3. The zero-order valence-electron chi connectivity index (χ0n) is 16.1. The zero-order valence-corrected chi connectivity index (χ0v) is 20.1. The van der Waals surface area contributed by atoms with E-state index in [1.165, 1.54) is 6.07 Å². The van der Waals surface area contributed by atoms with Gasteiger partial charge in [-0.15, -0.1) is 24.0 Å². The van der Waals surface area contributed by atoms with Crippen LogP contribution in [0.4, 0.5) is 4.39 Å². The Morgan fingerprint density at radius 3 is 2.00 bits per heavy atom. The summed E-state index contributed by atoms with van der Waals surface area (Å²) >= 11 is 3.15. The largest absolute Gasteiger partial charge is 0.493 e. The zero-order chi connectivity index (χ0) is 19.8. The van der Waals surface area contributed by atoms with Crippen molar-refractivity contribution < 1.29 is 18.6 Å². The minimum atomic E-state index is -0.297. The summed E-state index contributed by atoms with van der Waals surface area (Å²) in [7, 11) is 6.39. The van der Waals surface area contributed by atoms with Gasteiger partial charge in [0.1, 0.15) is 5.82 Å². The molecule has 0 amide bonds. The lowest BCUT2D eigenvalue weighted by Gasteiger charge is -2.16. The molecule has 0 aliphatic carbocycles. The van der Waals surface area contributed by atoms with Gasteiger partial charge in [0, 0.05) is 20.1 Å². The SMILES string of the molecule is CN=C(NCc1ccc(Br)c(F)c1)NCc1cc(OC)c(OC)c(OC)c1.I. The third-order valence-electron chi connectivity index (χ3n) is 3.85. The number of aliphatic imine (C=N–C) groups is 1. The Kier molecular flexibility index (Phi) is 10.4. The Balaban J connectivity index is 0.00000392. The fraction of sp³-hybridized carbons (Fsp3) is 0.316. The van der Waals surface area contributed by atoms with Gasteiger partial charge >= 0.3 is 0 Å². The number of hydrogen-bond donors (Lipinski definition) is 2. The Morgan fingerprint density at radius 1 is 0.964 bits per heavy atom. The first-order valence-corrected chi connectivity index (χ1v) is 8.99. The van der Waals surface area contributed by atoms with Crippen molar-refractivity contribution in [3.8, 4) is 17.2 Å². The predicted octanol–water partition coefficient (Wildman–Crippen LogP) is 4.10. The first kappa shape index (κ1) is 24.3. The molecule has 0 atom stereocenters. The number of halogens is 3. The van der Waals surface area contributed by atoms with Gasteiger partial charge in [0.25, 0.3) is 0 Å². The van der Waals surface area contributed by atoms with Crippen LogP contribution in [0.5, 0.6) is 17.2 Å². The van der Waals surface area contributed by atoms with Crippen LogP contribution >= 0.6 is 39.9 Å². The standard InChI is InChI=1S/C19H23BrFN3O3.HI/c1-22-19(23-10-12-5-6-14(20)15(21)7-12)24-11-13-8-16(25-2)18(27-4)17(9-13)26-3;/h5-9H,10-11H2,1-4H3,(H2,22,23,24);1H. The highest BCUT2D eigenvalue weighted by Gasteiger charge is 2.13. The lowest BCUT2D eigenvalue weighted by molar-refractivity contribution is 0.323. The molecule has 6 nitrogen and oxygen atoms in total. The highest BCUT2D eigenvalue weighted by atomic mass is 127. The second kappa shape index (κ2) is 11.9. The van der Waals surface area contributed by atoms with E-state index in [0.717, 1.165) is 11.1 Å². The molecule has 0 bridgehead atoms. The Bertz CT molecular complexity index is 796. The molecule has 2 N–H and O–H groups in total. The van der Waals surface area contributed by atoms with Gasteiger partial charge in [-0.2, -0.15) is 0 Å². The first-order chi connectivity index (χ1) is 13.0. The van der Waals surface area contributed by atoms with E-state index >= 15 is 0 Å². The topological polar surface area (TPSA) is 64.1 Å². The van der Waals surface area contributed by atoms with Gasteiger partial charge in [0.2, 0.25) is 5.75 Å². The number of guanidine groups is 1. The summed E-state index contributed by atoms with van der Waals surface area (Å²) in [5.41, 5.74) is 1.74. The fourth-order valence-electron chi connectivity index (χ4n) is 2.48. The molecule has 2 aromatic rings. The van der Waals surface area contributed by atoms with Crippen LogP contribution in [-0.4, -0.2) is 34.3 Å². The third-order valence-corrected chi connectivity index (χ3v) is 4.50. The van der Waals surface area contributed by atoms with Crippen LogP contribution in [0, 0.1) is 5.82 Å². The molecule has 0 radical (unpaired) electrons. The lowest BCUT2D eigenvalue weighted by atomic mass is 10.2. The second-order valence-electron chi connectivity index (χ2n) is 5.56. The van der Waals surface area contributed by atoms with E-state index in [-0.39, 0.29) is 29.8 Å². The Labute approximate surface area is 190 Å². The second-order valence-corrected chi connectivity index (χ2v) is 6.42. The minimum absolute atomic E-state index is 0. The summed E-state index contributed by atoms with van der Waals surface area (Å²) in [6.07, 6.45) is 0. The average molecular weight is 568 g/mol. The molecule has 0 heterocycles. The van der Waals surface area contributed by atoms with E-state index in [9.17, 15) is 4.39 Å². The summed E-state index contributed by atoms with van der Waals surface area (Å²) in [6.45, 7) is 0.935. The van der Waals surface area contributed by atoms with Gasteiger partial charge < -0.3 is 24.8 Å². The quantitative estimate of drug-likeness (QED) is 0.300. The minimum Gasteiger partial charge on any atom is -0.493 e. The molecule has 2 rings (SSSR count). The fourth-order valence-corrected chi connectivity index (χ4v) is 2.73. The van der Waals surface area contributed by atoms with Crippen molar-refractivity contribution in [3.05, 3.63) is 51.7 Å². The molecule has 2 aromatic carbocycles. The molecule has 9 heteroatoms. The van der Waals surface area contributed by atoms with Crippen molar-refractivity contribution in [3.63, 3.8) is 0 Å². The summed E-state index contributed by atoms with van der Waals surface area (Å²) in [6, 6.07) is 8.73. The molecule has 154 valence electrons. The van der Waals surface area contributed by atoms with Crippen molar-refractivity contribution in [2.24, 2.45) is 4.99 Å². The summed E-state index contributed by atoms with van der Waals surface area (Å²) in [5.74, 6) is 2.01. The number of ether oxygens (including phenoxy) is 3. The summed E-state index contributed by atoms with van der Waals surface area (Å²) < 4.78 is 30.1. The van der Waals surface area contributed by atoms with Crippen molar-refractivity contribution in [1.82, 2.24) is 10.6 Å². The normalized spacial score (nSPS) is 10.7. The maximum Gasteiger partial charge on any atom is 0.203 e. The highest BCUT2D eigenvalue weighted by Crippen LogP contribution is 2.38. The molecule has 0 spiro atoms. The first-order valence-electron chi connectivity index (χ1n) is 8.19. The highest BCUT2D eigenvalue weighted by molar-refractivity contribution is 14.0. The average Bonchev–Trinajstić information content (AvgIpc) is 2.69. The maximum absolute atomic E-state index is 13.6. The van der Waals surface area contributed by atoms with Gasteiger partial charge in [-0.05, 0) is 51.3 Å². The number of methoxy groups -OCH3 is 3. The van der Waals surface area contributed by atoms with E-state index in [0.29, 0.717) is 40.8 Å². The number of rotatable bonds is 7. The van der Waals surface area contributed by atoms with Crippen molar-refractivity contribution in [2.45, 2.75) is 13.1 Å². The van der Waals surface area contributed by atoms with E-state index < -0.39 is 0 Å². The van der Waals surface area contributed by atoms with Gasteiger partial charge in [-0.25, -0.2) is 4.39 Å². The summed E-state index contributed by atoms with van der Waals surface area (Å²) in [4.78, 5) is 4.18. The molecule has 0 unspecified atom stereocenters. The smallest absolute Gasteiger partial charge is 0.203 e. The van der Waals surface area contributed by atoms with Gasteiger partial charge in [0.15, 0.2) is 17.5 Å². The monoisotopic (exact) mass is 567 g/mol. The van der Waals surface area contributed by atoms with Crippen LogP contribution in [-0.2, 0) is 13.1 Å². The molecule has 28 heavy (non-hydrogen) atoms. The van der Waals surface area contributed by atoms with E-state index in [1.54, 1.807) is 34.4 Å². The number of hydrogen-bond acceptors (Lipinski definition) is 4. The van der Waals surface area contributed by atoms with Crippen molar-refractivity contribution in [2.75, 3.05) is 28.4 Å². The number of nitrogens with zero attached hydrogens (tertiary/aromatic N) is 1. The van der Waals surface area contributed by atoms with Crippen LogP contribution in [0.25, 0.3) is 0 Å². The molecule has 0 aromatic heterocycles. The Morgan fingerprint density at radius 2 is 1.54 bits per heavy atom. The van der Waals surface area contributed by atoms with E-state index in [1.807, 2.05) is 18.2 Å². The van der Waals surface area contributed by atoms with Crippen molar-refractivity contribution in [1.29, 1.82) is 0 Å². The van der Waals surface area contributed by atoms with E-state index in [2.05, 4.69) is 31.6 Å². The summed E-state index contributed by atoms with van der Waals surface area (Å²) in [5, 5.41) is 6.36. The third kappa shape index (κ3) is 6.40. The van der Waals surface area contributed by atoms with Gasteiger partial charge in [0.05, 0.1) is 25.8 Å².